The summed E-state index contributed by atoms with van der Waals surface area (Å²) in [6.45, 7) is 6.95. The zero-order valence-corrected chi connectivity index (χ0v) is 25.3. The standard InChI is InChI=1S/C31H41F2N9O2/c1-3-31(32,33)29(36)27(19-38-25-6-8-26(9-7-25)42-10-12-43-13-11-42)41-30-39-17-24(18-40-30)22-4-5-23(15-34)28(14-22)44-21(2)16-37-20-35/h4-5,14,17-21,25-26H,3,6-13,16,36H2,1-2H3,(H2,35,37)(H,39,40,41)/b29-27+,38-19?/t21-,25?,26?/m0/s1. The molecule has 1 saturated heterocycles. The van der Waals surface area contributed by atoms with Crippen molar-refractivity contribution in [3.8, 4) is 22.9 Å². The maximum atomic E-state index is 14.7. The van der Waals surface area contributed by atoms with E-state index in [0.29, 0.717) is 35.0 Å². The number of nitrogens with zero attached hydrogens (tertiary/aromatic N) is 6. The number of anilines is 1. The molecule has 0 spiro atoms. The molecule has 44 heavy (non-hydrogen) atoms. The number of allylic oxidation sites excluding steroid dienone is 2. The van der Waals surface area contributed by atoms with Gasteiger partial charge in [-0.1, -0.05) is 13.0 Å². The van der Waals surface area contributed by atoms with Gasteiger partial charge < -0.3 is 26.3 Å². The fourth-order valence-electron chi connectivity index (χ4n) is 5.27. The van der Waals surface area contributed by atoms with Crippen molar-refractivity contribution in [1.82, 2.24) is 14.9 Å². The van der Waals surface area contributed by atoms with Crippen LogP contribution in [0.3, 0.4) is 0 Å². The van der Waals surface area contributed by atoms with Crippen LogP contribution in [0.5, 0.6) is 5.75 Å². The Hall–Kier alpha value is -4.15. The normalized spacial score (nSPS) is 21.2. The van der Waals surface area contributed by atoms with E-state index < -0.39 is 18.0 Å². The van der Waals surface area contributed by atoms with Gasteiger partial charge in [0.1, 0.15) is 23.6 Å². The summed E-state index contributed by atoms with van der Waals surface area (Å²) in [6, 6.07) is 7.77. The minimum Gasteiger partial charge on any atom is -0.487 e. The molecule has 0 amide bonds. The lowest BCUT2D eigenvalue weighted by molar-refractivity contribution is 0.00755. The number of nitrogens with two attached hydrogens (primary N) is 2. The fourth-order valence-corrected chi connectivity index (χ4v) is 5.27. The number of rotatable bonds is 12. The Kier molecular flexibility index (Phi) is 11.6. The number of morpholine rings is 1. The number of ether oxygens (including phenoxy) is 2. The van der Waals surface area contributed by atoms with Gasteiger partial charge >= 0.3 is 0 Å². The Morgan fingerprint density at radius 3 is 2.57 bits per heavy atom. The molecule has 1 aliphatic heterocycles. The number of benzene rings is 1. The molecular weight excluding hydrogens is 568 g/mol. The summed E-state index contributed by atoms with van der Waals surface area (Å²) < 4.78 is 40.7. The second-order valence-electron chi connectivity index (χ2n) is 11.0. The number of hydrogen-bond acceptors (Lipinski definition) is 10. The third-order valence-corrected chi connectivity index (χ3v) is 7.90. The van der Waals surface area contributed by atoms with Gasteiger partial charge in [-0.3, -0.25) is 14.9 Å². The van der Waals surface area contributed by atoms with Crippen molar-refractivity contribution in [1.29, 1.82) is 5.26 Å². The number of alkyl halides is 2. The lowest BCUT2D eigenvalue weighted by Gasteiger charge is -2.38. The quantitative estimate of drug-likeness (QED) is 0.238. The van der Waals surface area contributed by atoms with E-state index in [1.165, 1.54) is 19.5 Å². The first-order chi connectivity index (χ1) is 21.2. The highest BCUT2D eigenvalue weighted by Crippen LogP contribution is 2.30. The predicted octanol–water partition coefficient (Wildman–Crippen LogP) is 4.11. The first-order valence-corrected chi connectivity index (χ1v) is 15.0. The van der Waals surface area contributed by atoms with Crippen LogP contribution >= 0.6 is 0 Å². The summed E-state index contributed by atoms with van der Waals surface area (Å²) in [5.74, 6) is -2.74. The van der Waals surface area contributed by atoms with Gasteiger partial charge in [0, 0.05) is 49.7 Å². The lowest BCUT2D eigenvalue weighted by Crippen LogP contribution is -2.45. The smallest absolute Gasteiger partial charge is 0.288 e. The van der Waals surface area contributed by atoms with Crippen molar-refractivity contribution in [2.75, 3.05) is 38.2 Å². The minimum atomic E-state index is -3.23. The van der Waals surface area contributed by atoms with Gasteiger partial charge in [0.15, 0.2) is 0 Å². The molecule has 2 heterocycles. The number of nitriles is 1. The van der Waals surface area contributed by atoms with Gasteiger partial charge in [-0.15, -0.1) is 0 Å². The second kappa shape index (κ2) is 15.5. The fraction of sp³-hybridized carbons (Fsp3) is 0.516. The first-order valence-electron chi connectivity index (χ1n) is 15.0. The summed E-state index contributed by atoms with van der Waals surface area (Å²) >= 11 is 0. The lowest BCUT2D eigenvalue weighted by atomic mass is 9.90. The van der Waals surface area contributed by atoms with E-state index in [-0.39, 0.29) is 23.8 Å². The van der Waals surface area contributed by atoms with Crippen LogP contribution in [0.1, 0.15) is 51.5 Å². The molecule has 1 aromatic carbocycles. The van der Waals surface area contributed by atoms with Crippen LogP contribution in [0.25, 0.3) is 11.1 Å². The predicted molar refractivity (Wildman–Crippen MR) is 167 cm³/mol. The van der Waals surface area contributed by atoms with Crippen LogP contribution < -0.4 is 21.5 Å². The number of nitrogens with one attached hydrogen (secondary N) is 1. The maximum absolute atomic E-state index is 14.7. The van der Waals surface area contributed by atoms with Gasteiger partial charge in [0.25, 0.3) is 5.92 Å². The van der Waals surface area contributed by atoms with Gasteiger partial charge in [-0.2, -0.15) is 14.0 Å². The molecule has 1 aromatic heterocycles. The van der Waals surface area contributed by atoms with E-state index in [4.69, 9.17) is 20.9 Å². The molecule has 0 unspecified atom stereocenters. The summed E-state index contributed by atoms with van der Waals surface area (Å²) in [5, 5.41) is 12.4. The highest BCUT2D eigenvalue weighted by molar-refractivity contribution is 5.84. The van der Waals surface area contributed by atoms with E-state index in [1.807, 2.05) is 6.92 Å². The Bertz CT molecular complexity index is 1360. The van der Waals surface area contributed by atoms with Gasteiger partial charge in [0.05, 0.1) is 43.4 Å². The molecule has 1 aliphatic carbocycles. The average Bonchev–Trinajstić information content (AvgIpc) is 3.06. The van der Waals surface area contributed by atoms with Gasteiger partial charge in [-0.05, 0) is 50.3 Å². The monoisotopic (exact) mass is 609 g/mol. The zero-order chi connectivity index (χ0) is 31.5. The van der Waals surface area contributed by atoms with Crippen molar-refractivity contribution < 1.29 is 18.3 Å². The third kappa shape index (κ3) is 8.70. The molecule has 5 N–H and O–H groups in total. The largest absolute Gasteiger partial charge is 0.487 e. The van der Waals surface area contributed by atoms with Crippen LogP contribution in [-0.2, 0) is 4.74 Å². The van der Waals surface area contributed by atoms with E-state index in [1.54, 1.807) is 30.6 Å². The van der Waals surface area contributed by atoms with Crippen molar-refractivity contribution >= 4 is 18.5 Å². The van der Waals surface area contributed by atoms with Crippen LogP contribution in [-0.4, -0.2) is 84.4 Å². The molecular formula is C31H41F2N9O2. The van der Waals surface area contributed by atoms with Crippen LogP contribution in [0.15, 0.2) is 52.0 Å². The Balaban J connectivity index is 1.47. The van der Waals surface area contributed by atoms with Crippen molar-refractivity contribution in [2.24, 2.45) is 21.5 Å². The third-order valence-electron chi connectivity index (χ3n) is 7.90. The minimum absolute atomic E-state index is 0.0214. The van der Waals surface area contributed by atoms with Crippen molar-refractivity contribution in [2.45, 2.75) is 70.1 Å². The average molecular weight is 610 g/mol. The molecule has 13 heteroatoms. The molecule has 2 aromatic rings. The van der Waals surface area contributed by atoms with E-state index in [2.05, 4.69) is 36.2 Å². The Morgan fingerprint density at radius 2 is 1.93 bits per heavy atom. The maximum Gasteiger partial charge on any atom is 0.288 e. The molecule has 0 radical (unpaired) electrons. The molecule has 236 valence electrons. The van der Waals surface area contributed by atoms with Crippen LogP contribution in [0.4, 0.5) is 14.7 Å². The highest BCUT2D eigenvalue weighted by atomic mass is 19.3. The topological polar surface area (TPSA) is 160 Å². The van der Waals surface area contributed by atoms with Crippen LogP contribution in [0.2, 0.25) is 0 Å². The van der Waals surface area contributed by atoms with Crippen molar-refractivity contribution in [3.05, 3.63) is 47.6 Å². The van der Waals surface area contributed by atoms with Crippen molar-refractivity contribution in [3.63, 3.8) is 0 Å². The number of aromatic nitrogens is 2. The molecule has 1 saturated carbocycles. The van der Waals surface area contributed by atoms with E-state index in [0.717, 1.165) is 52.0 Å². The summed E-state index contributed by atoms with van der Waals surface area (Å²) in [5.41, 5.74) is 12.4. The number of halogens is 2. The zero-order valence-electron chi connectivity index (χ0n) is 25.3. The Labute approximate surface area is 257 Å². The second-order valence-corrected chi connectivity index (χ2v) is 11.0. The molecule has 4 rings (SSSR count). The van der Waals surface area contributed by atoms with E-state index in [9.17, 15) is 14.0 Å². The summed E-state index contributed by atoms with van der Waals surface area (Å²) in [4.78, 5) is 19.8. The Morgan fingerprint density at radius 1 is 1.23 bits per heavy atom. The first kappa shape index (κ1) is 32.8. The molecule has 2 fully saturated rings. The van der Waals surface area contributed by atoms with Gasteiger partial charge in [-0.25, -0.2) is 9.97 Å². The molecule has 2 aliphatic rings. The molecule has 11 nitrogen and oxygen atoms in total. The van der Waals surface area contributed by atoms with E-state index >= 15 is 0 Å². The summed E-state index contributed by atoms with van der Waals surface area (Å²) in [6.07, 6.45) is 8.70. The summed E-state index contributed by atoms with van der Waals surface area (Å²) in [7, 11) is 0. The molecule has 1 atom stereocenters. The number of aliphatic imine (C=N–C) groups is 2. The van der Waals surface area contributed by atoms with Crippen LogP contribution in [0, 0.1) is 11.3 Å². The number of hydrogen-bond donors (Lipinski definition) is 3. The molecule has 0 bridgehead atoms. The SMILES string of the molecule is CCC(F)(F)/C(N)=C(/C=NC1CCC(N2CCOCC2)CC1)Nc1ncc(-c2ccc(C#N)c(O[C@@H](C)CN=CN)c2)cn1. The highest BCUT2D eigenvalue weighted by Gasteiger charge is 2.33. The van der Waals surface area contributed by atoms with Gasteiger partial charge in [0.2, 0.25) is 5.95 Å².